The summed E-state index contributed by atoms with van der Waals surface area (Å²) in [5, 5.41) is 11.5. The maximum absolute atomic E-state index is 12.2. The van der Waals surface area contributed by atoms with Gasteiger partial charge in [-0.3, -0.25) is 14.4 Å². The highest BCUT2D eigenvalue weighted by Gasteiger charge is 2.22. The Kier molecular flexibility index (Phi) is 6.29. The molecule has 29 heavy (non-hydrogen) atoms. The predicted molar refractivity (Wildman–Crippen MR) is 108 cm³/mol. The van der Waals surface area contributed by atoms with Crippen molar-refractivity contribution in [2.75, 3.05) is 26.7 Å². The van der Waals surface area contributed by atoms with Crippen molar-refractivity contribution in [3.05, 3.63) is 35.7 Å². The van der Waals surface area contributed by atoms with Crippen LogP contribution in [0.3, 0.4) is 0 Å². The number of hydrogen-bond donors (Lipinski definition) is 1. The zero-order valence-corrected chi connectivity index (χ0v) is 17.0. The Morgan fingerprint density at radius 1 is 1.28 bits per heavy atom. The van der Waals surface area contributed by atoms with E-state index >= 15 is 0 Å². The quantitative estimate of drug-likeness (QED) is 0.790. The Labute approximate surface area is 171 Å². The molecule has 0 aliphatic carbocycles. The zero-order chi connectivity index (χ0) is 20.1. The normalized spacial score (nSPS) is 23.3. The van der Waals surface area contributed by atoms with E-state index in [4.69, 9.17) is 9.47 Å². The van der Waals surface area contributed by atoms with Gasteiger partial charge in [-0.25, -0.2) is 0 Å². The molecule has 2 unspecified atom stereocenters. The second kappa shape index (κ2) is 9.26. The highest BCUT2D eigenvalue weighted by Crippen LogP contribution is 2.33. The van der Waals surface area contributed by atoms with Gasteiger partial charge in [0.1, 0.15) is 12.3 Å². The summed E-state index contributed by atoms with van der Waals surface area (Å²) in [6.45, 7) is 4.56. The number of ether oxygens (including phenoxy) is 2. The Bertz CT molecular complexity index is 837. The van der Waals surface area contributed by atoms with Crippen LogP contribution in [0.5, 0.6) is 11.5 Å². The molecular formula is C21H29N5O3. The maximum atomic E-state index is 12.2. The van der Waals surface area contributed by atoms with Gasteiger partial charge < -0.3 is 14.8 Å². The molecule has 1 saturated heterocycles. The molecule has 2 aromatic rings. The number of nitrogens with one attached hydrogen (secondary N) is 1. The lowest BCUT2D eigenvalue weighted by Crippen LogP contribution is -2.40. The van der Waals surface area contributed by atoms with Gasteiger partial charge in [-0.05, 0) is 37.8 Å². The number of hydrogen-bond acceptors (Lipinski definition) is 6. The number of benzene rings is 1. The van der Waals surface area contributed by atoms with Gasteiger partial charge in [0.25, 0.3) is 0 Å². The number of amides is 1. The lowest BCUT2D eigenvalue weighted by molar-refractivity contribution is -0.121. The fourth-order valence-electron chi connectivity index (χ4n) is 4.12. The topological polar surface area (TPSA) is 81.5 Å². The number of aryl methyl sites for hydroxylation is 1. The summed E-state index contributed by atoms with van der Waals surface area (Å²) in [5.74, 6) is 2.10. The van der Waals surface area contributed by atoms with E-state index < -0.39 is 0 Å². The van der Waals surface area contributed by atoms with Crippen molar-refractivity contribution >= 4 is 5.91 Å². The van der Waals surface area contributed by atoms with E-state index in [0.29, 0.717) is 25.5 Å². The van der Waals surface area contributed by atoms with Crippen molar-refractivity contribution in [2.45, 2.75) is 45.4 Å². The van der Waals surface area contributed by atoms with Crippen LogP contribution in [0.15, 0.2) is 24.4 Å². The lowest BCUT2D eigenvalue weighted by Gasteiger charge is -2.33. The number of rotatable bonds is 1. The van der Waals surface area contributed by atoms with E-state index in [9.17, 15) is 4.79 Å². The monoisotopic (exact) mass is 399 g/mol. The van der Waals surface area contributed by atoms with Gasteiger partial charge in [0, 0.05) is 38.2 Å². The lowest BCUT2D eigenvalue weighted by atomic mass is 9.97. The second-order valence-corrected chi connectivity index (χ2v) is 7.86. The fraction of sp³-hybridized carbons (Fsp3) is 0.571. The Morgan fingerprint density at radius 2 is 2.21 bits per heavy atom. The largest absolute Gasteiger partial charge is 0.493 e. The highest BCUT2D eigenvalue weighted by atomic mass is 16.5. The van der Waals surface area contributed by atoms with Crippen LogP contribution in [-0.2, 0) is 24.5 Å². The minimum atomic E-state index is 0.116. The molecule has 0 saturated carbocycles. The number of carbonyl (C=O) groups excluding carboxylic acids is 1. The molecule has 1 fully saturated rings. The average molecular weight is 399 g/mol. The van der Waals surface area contributed by atoms with Gasteiger partial charge in [-0.15, -0.1) is 5.10 Å². The Balaban J connectivity index is 1.58. The summed E-state index contributed by atoms with van der Waals surface area (Å²) in [7, 11) is 1.66. The van der Waals surface area contributed by atoms with E-state index in [2.05, 4.69) is 26.6 Å². The number of piperidine rings is 1. The van der Waals surface area contributed by atoms with E-state index in [-0.39, 0.29) is 5.91 Å². The third-order valence-electron chi connectivity index (χ3n) is 5.61. The molecule has 2 aliphatic rings. The molecule has 1 N–H and O–H groups in total. The van der Waals surface area contributed by atoms with Crippen LogP contribution in [0.25, 0.3) is 0 Å². The maximum Gasteiger partial charge on any atom is 0.220 e. The SMILES string of the molecule is COc1cccc2c1OCc1cn(nn1)CCCC(=O)NCC1CCCN(C2)C1. The van der Waals surface area contributed by atoms with Crippen LogP contribution < -0.4 is 14.8 Å². The van der Waals surface area contributed by atoms with Crippen molar-refractivity contribution in [1.82, 2.24) is 25.2 Å². The standard InChI is InChI=1S/C21H29N5O3/c1-28-19-7-2-6-17-13-25-9-3-5-16(12-25)11-22-20(27)8-4-10-26-14-18(23-24-26)15-29-21(17)19/h2,6-7,14,16H,3-5,8-13,15H2,1H3,(H,22,27). The smallest absolute Gasteiger partial charge is 0.220 e. The molecule has 2 aliphatic heterocycles. The zero-order valence-electron chi connectivity index (χ0n) is 17.0. The first-order chi connectivity index (χ1) is 14.2. The summed E-state index contributed by atoms with van der Waals surface area (Å²) in [4.78, 5) is 14.6. The van der Waals surface area contributed by atoms with Crippen molar-refractivity contribution in [2.24, 2.45) is 5.92 Å². The van der Waals surface area contributed by atoms with Crippen LogP contribution in [0.2, 0.25) is 0 Å². The van der Waals surface area contributed by atoms with Crippen LogP contribution in [-0.4, -0.2) is 52.5 Å². The van der Waals surface area contributed by atoms with Crippen molar-refractivity contribution in [3.8, 4) is 11.5 Å². The summed E-state index contributed by atoms with van der Waals surface area (Å²) in [6, 6.07) is 6.02. The molecule has 8 heteroatoms. The van der Waals surface area contributed by atoms with Crippen LogP contribution in [0, 0.1) is 5.92 Å². The van der Waals surface area contributed by atoms with Gasteiger partial charge in [-0.1, -0.05) is 17.3 Å². The molecule has 1 amide bonds. The number of para-hydroxylation sites is 1. The predicted octanol–water partition coefficient (Wildman–Crippen LogP) is 1.99. The van der Waals surface area contributed by atoms with Gasteiger partial charge in [-0.2, -0.15) is 0 Å². The molecule has 8 nitrogen and oxygen atoms in total. The van der Waals surface area contributed by atoms with Crippen molar-refractivity contribution in [1.29, 1.82) is 0 Å². The van der Waals surface area contributed by atoms with E-state index in [1.54, 1.807) is 11.8 Å². The second-order valence-electron chi connectivity index (χ2n) is 7.86. The molecule has 4 rings (SSSR count). The first-order valence-corrected chi connectivity index (χ1v) is 10.4. The molecule has 1 aromatic heterocycles. The van der Waals surface area contributed by atoms with Crippen molar-refractivity contribution < 1.29 is 14.3 Å². The van der Waals surface area contributed by atoms with Gasteiger partial charge in [0.15, 0.2) is 11.5 Å². The van der Waals surface area contributed by atoms with Crippen molar-refractivity contribution in [3.63, 3.8) is 0 Å². The summed E-state index contributed by atoms with van der Waals surface area (Å²) >= 11 is 0. The van der Waals surface area contributed by atoms with Gasteiger partial charge in [0.2, 0.25) is 5.91 Å². The summed E-state index contributed by atoms with van der Waals surface area (Å²) in [6.07, 6.45) is 5.41. The van der Waals surface area contributed by atoms with E-state index in [0.717, 1.165) is 68.2 Å². The molecule has 3 heterocycles. The summed E-state index contributed by atoms with van der Waals surface area (Å²) in [5.41, 5.74) is 1.86. The number of carbonyl (C=O) groups is 1. The molecule has 2 atom stereocenters. The van der Waals surface area contributed by atoms with Crippen LogP contribution >= 0.6 is 0 Å². The Morgan fingerprint density at radius 3 is 3.10 bits per heavy atom. The molecule has 0 spiro atoms. The van der Waals surface area contributed by atoms with E-state index in [1.807, 2.05) is 18.3 Å². The van der Waals surface area contributed by atoms with Crippen LogP contribution in [0.1, 0.15) is 36.9 Å². The molecule has 0 radical (unpaired) electrons. The number of fused-ring (bicyclic) bond motifs is 5. The van der Waals surface area contributed by atoms with Crippen LogP contribution in [0.4, 0.5) is 0 Å². The first-order valence-electron chi connectivity index (χ1n) is 10.4. The third-order valence-corrected chi connectivity index (χ3v) is 5.61. The molecular weight excluding hydrogens is 370 g/mol. The number of nitrogens with zero attached hydrogens (tertiary/aromatic N) is 4. The first kappa shape index (κ1) is 19.7. The van der Waals surface area contributed by atoms with E-state index in [1.165, 1.54) is 0 Å². The fourth-order valence-corrected chi connectivity index (χ4v) is 4.12. The number of aromatic nitrogens is 3. The minimum Gasteiger partial charge on any atom is -0.493 e. The minimum absolute atomic E-state index is 0.116. The molecule has 1 aromatic carbocycles. The summed E-state index contributed by atoms with van der Waals surface area (Å²) < 4.78 is 13.5. The third kappa shape index (κ3) is 5.06. The Hall–Kier alpha value is -2.61. The number of methoxy groups -OCH3 is 1. The average Bonchev–Trinajstić information content (AvgIpc) is 3.18. The molecule has 156 valence electrons. The van der Waals surface area contributed by atoms with Gasteiger partial charge in [0.05, 0.1) is 13.3 Å². The van der Waals surface area contributed by atoms with Gasteiger partial charge >= 0.3 is 0 Å². The highest BCUT2D eigenvalue weighted by molar-refractivity contribution is 5.75. The molecule has 4 bridgehead atoms.